The number of benzene rings is 1. The molecule has 1 aromatic rings. The van der Waals surface area contributed by atoms with Gasteiger partial charge in [-0.15, -0.1) is 0 Å². The van der Waals surface area contributed by atoms with Gasteiger partial charge in [-0.25, -0.2) is 0 Å². The van der Waals surface area contributed by atoms with Crippen LogP contribution in [0.1, 0.15) is 18.7 Å². The number of methoxy groups -OCH3 is 1. The van der Waals surface area contributed by atoms with Crippen molar-refractivity contribution in [1.82, 2.24) is 0 Å². The van der Waals surface area contributed by atoms with Crippen LogP contribution in [-0.2, 0) is 4.79 Å². The zero-order valence-electron chi connectivity index (χ0n) is 8.87. The Labute approximate surface area is 82.8 Å². The van der Waals surface area contributed by atoms with Crippen LogP contribution in [-0.4, -0.2) is 19.3 Å². The number of esters is 1. The lowest BCUT2D eigenvalue weighted by Gasteiger charge is -2.07. The van der Waals surface area contributed by atoms with E-state index < -0.39 is 12.2 Å². The first kappa shape index (κ1) is 8.74. The molecule has 1 rings (SSSR count). The van der Waals surface area contributed by atoms with E-state index in [0.29, 0.717) is 0 Å². The summed E-state index contributed by atoms with van der Waals surface area (Å²) in [7, 11) is 1.39. The molecule has 0 aliphatic heterocycles. The minimum absolute atomic E-state index is 0.183. The van der Waals surface area contributed by atoms with E-state index in [1.807, 2.05) is 0 Å². The van der Waals surface area contributed by atoms with Crippen LogP contribution >= 0.6 is 0 Å². The van der Waals surface area contributed by atoms with E-state index >= 15 is 0 Å². The van der Waals surface area contributed by atoms with Crippen LogP contribution in [0.25, 0.3) is 0 Å². The van der Waals surface area contributed by atoms with Gasteiger partial charge in [0.2, 0.25) is 0 Å². The van der Waals surface area contributed by atoms with Gasteiger partial charge in [0.25, 0.3) is 0 Å². The fourth-order valence-electron chi connectivity index (χ4n) is 0.970. The maximum absolute atomic E-state index is 10.8. The third kappa shape index (κ3) is 2.32. The molecule has 0 spiro atoms. The van der Waals surface area contributed by atoms with E-state index in [4.69, 9.17) is 10.8 Å². The highest BCUT2D eigenvalue weighted by Gasteiger charge is 2.07. The third-order valence-corrected chi connectivity index (χ3v) is 1.54. The van der Waals surface area contributed by atoms with Crippen molar-refractivity contribution in [3.63, 3.8) is 0 Å². The molecule has 0 bridgehead atoms. The molecule has 0 radical (unpaired) electrons. The van der Waals surface area contributed by atoms with Crippen LogP contribution in [0.2, 0.25) is 0 Å². The van der Waals surface area contributed by atoms with Crippen molar-refractivity contribution in [1.29, 1.82) is 0 Å². The first-order valence-corrected chi connectivity index (χ1v) is 3.92. The van der Waals surface area contributed by atoms with Gasteiger partial charge in [0.1, 0.15) is 7.63 Å². The van der Waals surface area contributed by atoms with Crippen molar-refractivity contribution in [2.45, 2.75) is 6.92 Å². The highest BCUT2D eigenvalue weighted by Crippen LogP contribution is 2.27. The molecule has 74 valence electrons. The standard InChI is InChI=1S/C10H10O4/c1-7(12)14-9-4-3-8(6-11)5-10(9)13-2/h3-6H,1-2H3/i6D. The number of carbonyl (C=O) groups is 2. The van der Waals surface area contributed by atoms with Gasteiger partial charge in [-0.2, -0.15) is 0 Å². The largest absolute Gasteiger partial charge is 0.493 e. The number of carbonyl (C=O) groups excluding carboxylic acids is 2. The van der Waals surface area contributed by atoms with Gasteiger partial charge < -0.3 is 9.47 Å². The maximum atomic E-state index is 10.8. The van der Waals surface area contributed by atoms with Crippen LogP contribution < -0.4 is 9.47 Å². The lowest BCUT2D eigenvalue weighted by Crippen LogP contribution is -2.03. The van der Waals surface area contributed by atoms with Gasteiger partial charge in [0.15, 0.2) is 11.5 Å². The lowest BCUT2D eigenvalue weighted by atomic mass is 10.2. The van der Waals surface area contributed by atoms with E-state index in [-0.39, 0.29) is 17.1 Å². The highest BCUT2D eigenvalue weighted by atomic mass is 16.6. The van der Waals surface area contributed by atoms with Crippen LogP contribution in [0.3, 0.4) is 0 Å². The summed E-state index contributed by atoms with van der Waals surface area (Å²) in [6.45, 7) is 1.27. The Morgan fingerprint density at radius 3 is 2.71 bits per heavy atom. The molecule has 4 nitrogen and oxygen atoms in total. The highest BCUT2D eigenvalue weighted by molar-refractivity contribution is 5.77. The molecule has 0 aromatic heterocycles. The molecule has 0 aliphatic carbocycles. The summed E-state index contributed by atoms with van der Waals surface area (Å²) in [6, 6.07) is 4.17. The normalized spacial score (nSPS) is 10.3. The van der Waals surface area contributed by atoms with Crippen molar-refractivity contribution in [2.24, 2.45) is 0 Å². The van der Waals surface area contributed by atoms with Crippen LogP contribution in [0.5, 0.6) is 11.5 Å². The lowest BCUT2D eigenvalue weighted by molar-refractivity contribution is -0.132. The van der Waals surface area contributed by atoms with Crippen molar-refractivity contribution in [3.05, 3.63) is 23.8 Å². The molecule has 0 saturated carbocycles. The van der Waals surface area contributed by atoms with Crippen molar-refractivity contribution < 1.29 is 20.4 Å². The number of ether oxygens (including phenoxy) is 2. The molecular formula is C10H10O4. The fourth-order valence-corrected chi connectivity index (χ4v) is 0.970. The van der Waals surface area contributed by atoms with Gasteiger partial charge in [-0.3, -0.25) is 9.59 Å². The van der Waals surface area contributed by atoms with Crippen LogP contribution in [0.15, 0.2) is 18.2 Å². The van der Waals surface area contributed by atoms with E-state index in [9.17, 15) is 9.59 Å². The van der Waals surface area contributed by atoms with E-state index in [1.165, 1.54) is 32.2 Å². The van der Waals surface area contributed by atoms with Gasteiger partial charge in [0, 0.05) is 12.5 Å². The molecule has 0 saturated heterocycles. The van der Waals surface area contributed by atoms with Crippen molar-refractivity contribution >= 4 is 12.2 Å². The second-order valence-corrected chi connectivity index (χ2v) is 2.56. The number of hydrogen-bond donors (Lipinski definition) is 0. The van der Waals surface area contributed by atoms with E-state index in [1.54, 1.807) is 0 Å². The Balaban J connectivity index is 3.08. The molecule has 0 atom stereocenters. The van der Waals surface area contributed by atoms with E-state index in [0.717, 1.165) is 0 Å². The molecule has 0 unspecified atom stereocenters. The van der Waals surface area contributed by atoms with Crippen molar-refractivity contribution in [3.8, 4) is 11.5 Å². The van der Waals surface area contributed by atoms with Gasteiger partial charge >= 0.3 is 5.97 Å². The SMILES string of the molecule is [2H]C(=O)c1ccc(OC(C)=O)c(OC)c1. The van der Waals surface area contributed by atoms with Crippen LogP contribution in [0, 0.1) is 0 Å². The number of hydrogen-bond acceptors (Lipinski definition) is 4. The minimum Gasteiger partial charge on any atom is -0.493 e. The van der Waals surface area contributed by atoms with E-state index in [2.05, 4.69) is 0 Å². The molecule has 0 fully saturated rings. The zero-order chi connectivity index (χ0) is 11.4. The summed E-state index contributed by atoms with van der Waals surface area (Å²) < 4.78 is 16.7. The molecule has 0 amide bonds. The van der Waals surface area contributed by atoms with Crippen molar-refractivity contribution in [2.75, 3.05) is 7.11 Å². The molecule has 0 aliphatic rings. The summed E-state index contributed by atoms with van der Waals surface area (Å²) in [4.78, 5) is 21.5. The molecule has 1 aromatic carbocycles. The quantitative estimate of drug-likeness (QED) is 0.416. The molecule has 0 N–H and O–H groups in total. The predicted molar refractivity (Wildman–Crippen MR) is 49.7 cm³/mol. The third-order valence-electron chi connectivity index (χ3n) is 1.54. The fraction of sp³-hybridized carbons (Fsp3) is 0.200. The second kappa shape index (κ2) is 4.41. The summed E-state index contributed by atoms with van der Waals surface area (Å²) in [5, 5.41) is 0. The Kier molecular flexibility index (Phi) is 2.76. The summed E-state index contributed by atoms with van der Waals surface area (Å²) in [5.41, 5.74) is 0.183. The average Bonchev–Trinajstić information content (AvgIpc) is 2.17. The Morgan fingerprint density at radius 2 is 2.21 bits per heavy atom. The zero-order valence-corrected chi connectivity index (χ0v) is 7.87. The average molecular weight is 195 g/mol. The molecule has 14 heavy (non-hydrogen) atoms. The number of rotatable bonds is 3. The van der Waals surface area contributed by atoms with Gasteiger partial charge in [0.05, 0.1) is 7.11 Å². The molecular weight excluding hydrogens is 184 g/mol. The molecule has 4 heteroatoms. The Bertz CT molecular complexity index is 400. The first-order valence-electron chi connectivity index (χ1n) is 4.42. The topological polar surface area (TPSA) is 52.6 Å². The summed E-state index contributed by atoms with van der Waals surface area (Å²) in [5.74, 6) is 0.0107. The predicted octanol–water partition coefficient (Wildman–Crippen LogP) is 1.43. The Hall–Kier alpha value is -1.84. The second-order valence-electron chi connectivity index (χ2n) is 2.56. The summed E-state index contributed by atoms with van der Waals surface area (Å²) >= 11 is 0. The summed E-state index contributed by atoms with van der Waals surface area (Å²) in [6.07, 6.45) is -0.817. The smallest absolute Gasteiger partial charge is 0.308 e. The van der Waals surface area contributed by atoms with Gasteiger partial charge in [-0.05, 0) is 18.2 Å². The van der Waals surface area contributed by atoms with Gasteiger partial charge in [-0.1, -0.05) is 0 Å². The first-order chi connectivity index (χ1) is 7.04. The minimum atomic E-state index is -0.817. The monoisotopic (exact) mass is 195 g/mol. The molecule has 0 heterocycles. The maximum Gasteiger partial charge on any atom is 0.308 e. The van der Waals surface area contributed by atoms with Crippen LogP contribution in [0.4, 0.5) is 0 Å². The number of aldehydes is 1. The Morgan fingerprint density at radius 1 is 1.50 bits per heavy atom.